The van der Waals surface area contributed by atoms with Gasteiger partial charge in [-0.05, 0) is 49.9 Å². The summed E-state index contributed by atoms with van der Waals surface area (Å²) in [7, 11) is 2.01. The standard InChI is InChI=1S/C16H21BrN2O.ClH/c1-18-13-5-7-19(8-6-13)16(20)15-10-14(15)11-3-2-4-12(17)9-11;/h2-4,9,13-15,18H,5-8,10H2,1H3;1H. The number of hydrogen-bond donors (Lipinski definition) is 1. The molecule has 1 aromatic rings. The number of carbonyl (C=O) groups is 1. The van der Waals surface area contributed by atoms with E-state index in [9.17, 15) is 4.79 Å². The number of likely N-dealkylation sites (tertiary alicyclic amines) is 1. The Labute approximate surface area is 141 Å². The summed E-state index contributed by atoms with van der Waals surface area (Å²) < 4.78 is 1.10. The normalized spacial score (nSPS) is 25.3. The molecule has 3 nitrogen and oxygen atoms in total. The number of carbonyl (C=O) groups excluding carboxylic acids is 1. The molecule has 2 fully saturated rings. The fourth-order valence-electron chi connectivity index (χ4n) is 3.20. The lowest BCUT2D eigenvalue weighted by Gasteiger charge is -2.32. The van der Waals surface area contributed by atoms with E-state index in [1.165, 1.54) is 5.56 Å². The fourth-order valence-corrected chi connectivity index (χ4v) is 3.61. The number of amides is 1. The zero-order valence-electron chi connectivity index (χ0n) is 12.2. The van der Waals surface area contributed by atoms with Gasteiger partial charge in [0.15, 0.2) is 0 Å². The van der Waals surface area contributed by atoms with E-state index in [2.05, 4.69) is 44.3 Å². The summed E-state index contributed by atoms with van der Waals surface area (Å²) in [4.78, 5) is 14.6. The van der Waals surface area contributed by atoms with Crippen molar-refractivity contribution >= 4 is 34.2 Å². The number of rotatable bonds is 3. The second kappa shape index (κ2) is 7.12. The van der Waals surface area contributed by atoms with Gasteiger partial charge in [-0.25, -0.2) is 0 Å². The van der Waals surface area contributed by atoms with Gasteiger partial charge in [-0.3, -0.25) is 4.79 Å². The Kier molecular flexibility index (Phi) is 5.69. The van der Waals surface area contributed by atoms with E-state index >= 15 is 0 Å². The lowest BCUT2D eigenvalue weighted by atomic mass is 10.0. The molecule has 1 aliphatic heterocycles. The summed E-state index contributed by atoms with van der Waals surface area (Å²) in [6.07, 6.45) is 3.17. The predicted octanol–water partition coefficient (Wildman–Crippen LogP) is 3.18. The maximum atomic E-state index is 12.5. The van der Waals surface area contributed by atoms with E-state index in [4.69, 9.17) is 0 Å². The van der Waals surface area contributed by atoms with E-state index in [1.54, 1.807) is 0 Å². The summed E-state index contributed by atoms with van der Waals surface area (Å²) in [5, 5.41) is 3.31. The van der Waals surface area contributed by atoms with Crippen LogP contribution >= 0.6 is 28.3 Å². The molecule has 2 atom stereocenters. The second-order valence-electron chi connectivity index (χ2n) is 5.89. The molecule has 116 valence electrons. The smallest absolute Gasteiger partial charge is 0.226 e. The minimum atomic E-state index is 0. The van der Waals surface area contributed by atoms with Crippen LogP contribution in [0.15, 0.2) is 28.7 Å². The lowest BCUT2D eigenvalue weighted by Crippen LogP contribution is -2.44. The van der Waals surface area contributed by atoms with Gasteiger partial charge in [0.05, 0.1) is 0 Å². The average Bonchev–Trinajstić information content (AvgIpc) is 3.27. The molecule has 3 rings (SSSR count). The van der Waals surface area contributed by atoms with Crippen molar-refractivity contribution in [2.45, 2.75) is 31.2 Å². The fraction of sp³-hybridized carbons (Fsp3) is 0.562. The number of halogens is 2. The van der Waals surface area contributed by atoms with Crippen molar-refractivity contribution in [1.82, 2.24) is 10.2 Å². The van der Waals surface area contributed by atoms with Crippen molar-refractivity contribution in [1.29, 1.82) is 0 Å². The Bertz CT molecular complexity index is 503. The van der Waals surface area contributed by atoms with Crippen molar-refractivity contribution < 1.29 is 4.79 Å². The van der Waals surface area contributed by atoms with Gasteiger partial charge in [0, 0.05) is 29.5 Å². The number of nitrogens with one attached hydrogen (secondary N) is 1. The summed E-state index contributed by atoms with van der Waals surface area (Å²) in [5.41, 5.74) is 1.29. The third-order valence-electron chi connectivity index (χ3n) is 4.60. The van der Waals surface area contributed by atoms with E-state index in [-0.39, 0.29) is 18.3 Å². The second-order valence-corrected chi connectivity index (χ2v) is 6.81. The van der Waals surface area contributed by atoms with Crippen LogP contribution in [0.4, 0.5) is 0 Å². The largest absolute Gasteiger partial charge is 0.342 e. The van der Waals surface area contributed by atoms with E-state index in [1.807, 2.05) is 13.1 Å². The van der Waals surface area contributed by atoms with Crippen molar-refractivity contribution in [3.8, 4) is 0 Å². The van der Waals surface area contributed by atoms with Gasteiger partial charge in [-0.2, -0.15) is 0 Å². The first kappa shape index (κ1) is 16.8. The van der Waals surface area contributed by atoms with Gasteiger partial charge >= 0.3 is 0 Å². The molecule has 0 radical (unpaired) electrons. The molecule has 1 aromatic carbocycles. The maximum absolute atomic E-state index is 12.5. The molecule has 1 aliphatic carbocycles. The summed E-state index contributed by atoms with van der Waals surface area (Å²) in [6.45, 7) is 1.82. The molecule has 1 N–H and O–H groups in total. The highest BCUT2D eigenvalue weighted by Crippen LogP contribution is 2.49. The van der Waals surface area contributed by atoms with E-state index < -0.39 is 0 Å². The molecule has 21 heavy (non-hydrogen) atoms. The molecule has 2 unspecified atom stereocenters. The lowest BCUT2D eigenvalue weighted by molar-refractivity contribution is -0.133. The van der Waals surface area contributed by atoms with Crippen LogP contribution in [-0.2, 0) is 4.79 Å². The maximum Gasteiger partial charge on any atom is 0.226 e. The highest BCUT2D eigenvalue weighted by atomic mass is 79.9. The van der Waals surface area contributed by atoms with Crippen molar-refractivity contribution in [3.05, 3.63) is 34.3 Å². The number of nitrogens with zero attached hydrogens (tertiary/aromatic N) is 1. The molecule has 1 heterocycles. The average molecular weight is 374 g/mol. The number of hydrogen-bond acceptors (Lipinski definition) is 2. The van der Waals surface area contributed by atoms with Crippen LogP contribution in [0.5, 0.6) is 0 Å². The molecule has 0 bridgehead atoms. The quantitative estimate of drug-likeness (QED) is 0.882. The van der Waals surface area contributed by atoms with Gasteiger partial charge in [0.25, 0.3) is 0 Å². The van der Waals surface area contributed by atoms with Crippen LogP contribution in [0, 0.1) is 5.92 Å². The Morgan fingerprint density at radius 3 is 2.67 bits per heavy atom. The Morgan fingerprint density at radius 1 is 1.33 bits per heavy atom. The predicted molar refractivity (Wildman–Crippen MR) is 90.9 cm³/mol. The van der Waals surface area contributed by atoms with Crippen LogP contribution in [0.1, 0.15) is 30.7 Å². The minimum absolute atomic E-state index is 0. The summed E-state index contributed by atoms with van der Waals surface area (Å²) in [6, 6.07) is 8.95. The van der Waals surface area contributed by atoms with Crippen LogP contribution in [0.2, 0.25) is 0 Å². The topological polar surface area (TPSA) is 32.3 Å². The van der Waals surface area contributed by atoms with Crippen LogP contribution in [0.25, 0.3) is 0 Å². The highest BCUT2D eigenvalue weighted by Gasteiger charge is 2.46. The van der Waals surface area contributed by atoms with Gasteiger partial charge in [-0.15, -0.1) is 12.4 Å². The van der Waals surface area contributed by atoms with E-state index in [0.717, 1.165) is 36.8 Å². The van der Waals surface area contributed by atoms with Gasteiger partial charge in [0.2, 0.25) is 5.91 Å². The Balaban J connectivity index is 0.00000161. The zero-order chi connectivity index (χ0) is 14.1. The van der Waals surface area contributed by atoms with Gasteiger partial charge in [0.1, 0.15) is 0 Å². The van der Waals surface area contributed by atoms with Crippen molar-refractivity contribution in [3.63, 3.8) is 0 Å². The molecule has 1 saturated heterocycles. The molecule has 1 saturated carbocycles. The molecule has 5 heteroatoms. The van der Waals surface area contributed by atoms with Crippen LogP contribution in [0.3, 0.4) is 0 Å². The first-order chi connectivity index (χ1) is 9.69. The zero-order valence-corrected chi connectivity index (χ0v) is 14.6. The highest BCUT2D eigenvalue weighted by molar-refractivity contribution is 9.10. The van der Waals surface area contributed by atoms with Crippen LogP contribution < -0.4 is 5.32 Å². The third kappa shape index (κ3) is 3.79. The first-order valence-corrected chi connectivity index (χ1v) is 8.20. The van der Waals surface area contributed by atoms with Gasteiger partial charge in [-0.1, -0.05) is 28.1 Å². The number of benzene rings is 1. The molecule has 1 amide bonds. The monoisotopic (exact) mass is 372 g/mol. The molecule has 0 aromatic heterocycles. The molecular formula is C16H22BrClN2O. The molecular weight excluding hydrogens is 352 g/mol. The van der Waals surface area contributed by atoms with Gasteiger partial charge < -0.3 is 10.2 Å². The molecule has 0 spiro atoms. The van der Waals surface area contributed by atoms with E-state index in [0.29, 0.717) is 17.9 Å². The summed E-state index contributed by atoms with van der Waals surface area (Å²) in [5.74, 6) is 1.02. The third-order valence-corrected chi connectivity index (χ3v) is 5.09. The van der Waals surface area contributed by atoms with Crippen LogP contribution in [-0.4, -0.2) is 37.0 Å². The first-order valence-electron chi connectivity index (χ1n) is 7.40. The Morgan fingerprint density at radius 2 is 2.05 bits per heavy atom. The van der Waals surface area contributed by atoms with Crippen molar-refractivity contribution in [2.75, 3.05) is 20.1 Å². The molecule has 2 aliphatic rings. The SMILES string of the molecule is CNC1CCN(C(=O)C2CC2c2cccc(Br)c2)CC1.Cl. The minimum Gasteiger partial charge on any atom is -0.342 e. The van der Waals surface area contributed by atoms with Crippen molar-refractivity contribution in [2.24, 2.45) is 5.92 Å². The number of piperidine rings is 1. The Hall–Kier alpha value is -0.580. The summed E-state index contributed by atoms with van der Waals surface area (Å²) >= 11 is 3.50.